The highest BCUT2D eigenvalue weighted by Gasteiger charge is 2.30. The van der Waals surface area contributed by atoms with Gasteiger partial charge >= 0.3 is 0 Å². The second-order valence-corrected chi connectivity index (χ2v) is 8.53. The summed E-state index contributed by atoms with van der Waals surface area (Å²) in [6.45, 7) is 2.25. The van der Waals surface area contributed by atoms with Crippen molar-refractivity contribution < 1.29 is 8.78 Å². The Morgan fingerprint density at radius 3 is 2.15 bits per heavy atom. The lowest BCUT2D eigenvalue weighted by Crippen LogP contribution is -2.25. The Morgan fingerprint density at radius 1 is 0.885 bits per heavy atom. The van der Waals surface area contributed by atoms with Crippen molar-refractivity contribution >= 4 is 0 Å². The minimum Gasteiger partial charge on any atom is -0.204 e. The molecule has 0 amide bonds. The number of hydrogen-bond acceptors (Lipinski definition) is 0. The molecular formula is C24H34F2. The van der Waals surface area contributed by atoms with E-state index in [1.807, 2.05) is 0 Å². The molecule has 3 rings (SSSR count). The van der Waals surface area contributed by atoms with Crippen LogP contribution < -0.4 is 0 Å². The van der Waals surface area contributed by atoms with Gasteiger partial charge in [0.1, 0.15) is 0 Å². The van der Waals surface area contributed by atoms with Crippen LogP contribution in [0.2, 0.25) is 0 Å². The zero-order chi connectivity index (χ0) is 18.4. The van der Waals surface area contributed by atoms with Gasteiger partial charge in [-0.1, -0.05) is 38.0 Å². The van der Waals surface area contributed by atoms with E-state index in [0.29, 0.717) is 5.92 Å². The molecule has 0 N–H and O–H groups in total. The van der Waals surface area contributed by atoms with Gasteiger partial charge < -0.3 is 0 Å². The van der Waals surface area contributed by atoms with Crippen LogP contribution in [0, 0.1) is 29.4 Å². The van der Waals surface area contributed by atoms with Gasteiger partial charge in [-0.15, -0.1) is 0 Å². The molecule has 0 spiro atoms. The molecule has 0 saturated heterocycles. The predicted molar refractivity (Wildman–Crippen MR) is 105 cm³/mol. The number of halogens is 2. The Hall–Kier alpha value is -1.18. The normalized spacial score (nSPS) is 30.0. The van der Waals surface area contributed by atoms with Crippen LogP contribution in [0.3, 0.4) is 0 Å². The highest BCUT2D eigenvalue weighted by atomic mass is 19.2. The Balaban J connectivity index is 1.43. The molecule has 2 aliphatic rings. The highest BCUT2D eigenvalue weighted by Crippen LogP contribution is 2.44. The topological polar surface area (TPSA) is 0 Å². The SMILES string of the molecule is CCCC/C=C/C1CCC(C2CCC(c3ccc(F)c(F)c3)CC2)CC1. The summed E-state index contributed by atoms with van der Waals surface area (Å²) in [7, 11) is 0. The maximum atomic E-state index is 13.5. The van der Waals surface area contributed by atoms with Crippen molar-refractivity contribution in [2.45, 2.75) is 83.5 Å². The average molecular weight is 361 g/mol. The molecule has 2 fully saturated rings. The molecule has 0 heterocycles. The number of hydrogen-bond donors (Lipinski definition) is 0. The molecule has 0 aromatic heterocycles. The van der Waals surface area contributed by atoms with Gasteiger partial charge in [-0.2, -0.15) is 0 Å². The van der Waals surface area contributed by atoms with E-state index < -0.39 is 11.6 Å². The molecule has 0 radical (unpaired) electrons. The summed E-state index contributed by atoms with van der Waals surface area (Å²) in [5, 5.41) is 0. The summed E-state index contributed by atoms with van der Waals surface area (Å²) in [5.74, 6) is 1.53. The third-order valence-corrected chi connectivity index (χ3v) is 6.80. The molecule has 2 heteroatoms. The van der Waals surface area contributed by atoms with Gasteiger partial charge in [-0.25, -0.2) is 8.78 Å². The summed E-state index contributed by atoms with van der Waals surface area (Å²) in [5.41, 5.74) is 0.989. The Morgan fingerprint density at radius 2 is 1.54 bits per heavy atom. The van der Waals surface area contributed by atoms with Crippen molar-refractivity contribution in [1.29, 1.82) is 0 Å². The van der Waals surface area contributed by atoms with Gasteiger partial charge in [-0.05, 0) is 99.2 Å². The third kappa shape index (κ3) is 5.18. The number of rotatable bonds is 6. The molecule has 1 aromatic carbocycles. The molecule has 0 aliphatic heterocycles. The van der Waals surface area contributed by atoms with Crippen molar-refractivity contribution in [1.82, 2.24) is 0 Å². The number of unbranched alkanes of at least 4 members (excludes halogenated alkanes) is 2. The second-order valence-electron chi connectivity index (χ2n) is 8.53. The number of benzene rings is 1. The van der Waals surface area contributed by atoms with Crippen molar-refractivity contribution in [2.75, 3.05) is 0 Å². The molecule has 144 valence electrons. The first-order valence-corrected chi connectivity index (χ1v) is 10.8. The van der Waals surface area contributed by atoms with Gasteiger partial charge in [0.2, 0.25) is 0 Å². The monoisotopic (exact) mass is 360 g/mol. The smallest absolute Gasteiger partial charge is 0.159 e. The van der Waals surface area contributed by atoms with Crippen LogP contribution in [-0.2, 0) is 0 Å². The Kier molecular flexibility index (Phi) is 7.28. The maximum absolute atomic E-state index is 13.5. The first-order chi connectivity index (χ1) is 12.7. The third-order valence-electron chi connectivity index (χ3n) is 6.80. The van der Waals surface area contributed by atoms with Crippen molar-refractivity contribution in [3.8, 4) is 0 Å². The fourth-order valence-electron chi connectivity index (χ4n) is 5.11. The largest absolute Gasteiger partial charge is 0.204 e. The minimum absolute atomic E-state index is 0.416. The molecule has 26 heavy (non-hydrogen) atoms. The summed E-state index contributed by atoms with van der Waals surface area (Å²) in [6, 6.07) is 4.47. The lowest BCUT2D eigenvalue weighted by Gasteiger charge is -2.37. The van der Waals surface area contributed by atoms with Crippen LogP contribution in [0.1, 0.15) is 89.0 Å². The van der Waals surface area contributed by atoms with Crippen molar-refractivity contribution in [2.24, 2.45) is 17.8 Å². The summed E-state index contributed by atoms with van der Waals surface area (Å²) >= 11 is 0. The van der Waals surface area contributed by atoms with Crippen molar-refractivity contribution in [3.05, 3.63) is 47.5 Å². The molecule has 0 unspecified atom stereocenters. The molecule has 0 nitrogen and oxygen atoms in total. The van der Waals surface area contributed by atoms with E-state index in [-0.39, 0.29) is 0 Å². The molecule has 2 aliphatic carbocycles. The van der Waals surface area contributed by atoms with Crippen LogP contribution in [-0.4, -0.2) is 0 Å². The first-order valence-electron chi connectivity index (χ1n) is 10.8. The van der Waals surface area contributed by atoms with Crippen LogP contribution in [0.5, 0.6) is 0 Å². The molecule has 0 atom stereocenters. The zero-order valence-electron chi connectivity index (χ0n) is 16.2. The fourth-order valence-corrected chi connectivity index (χ4v) is 5.11. The van der Waals surface area contributed by atoms with Gasteiger partial charge in [-0.3, -0.25) is 0 Å². The Labute approximate surface area is 158 Å². The van der Waals surface area contributed by atoms with Gasteiger partial charge in [0, 0.05) is 0 Å². The lowest BCUT2D eigenvalue weighted by molar-refractivity contribution is 0.171. The quantitative estimate of drug-likeness (QED) is 0.359. The molecular weight excluding hydrogens is 326 g/mol. The first kappa shape index (κ1) is 19.6. The van der Waals surface area contributed by atoms with E-state index in [9.17, 15) is 8.78 Å². The minimum atomic E-state index is -0.733. The van der Waals surface area contributed by atoms with E-state index >= 15 is 0 Å². The van der Waals surface area contributed by atoms with Crippen LogP contribution in [0.25, 0.3) is 0 Å². The van der Waals surface area contributed by atoms with E-state index in [0.717, 1.165) is 36.2 Å². The van der Waals surface area contributed by atoms with Crippen LogP contribution >= 0.6 is 0 Å². The standard InChI is InChI=1S/C24H34F2/c1-2-3-4-5-6-18-7-9-19(10-8-18)20-11-13-21(14-12-20)22-15-16-23(25)24(26)17-22/h5-6,15-21H,2-4,7-14H2,1H3/b6-5+. The van der Waals surface area contributed by atoms with E-state index in [1.165, 1.54) is 69.9 Å². The highest BCUT2D eigenvalue weighted by molar-refractivity contribution is 5.22. The van der Waals surface area contributed by atoms with Gasteiger partial charge in [0.25, 0.3) is 0 Å². The van der Waals surface area contributed by atoms with Gasteiger partial charge in [0.05, 0.1) is 0 Å². The maximum Gasteiger partial charge on any atom is 0.159 e. The van der Waals surface area contributed by atoms with Crippen LogP contribution in [0.15, 0.2) is 30.4 Å². The van der Waals surface area contributed by atoms with Gasteiger partial charge in [0.15, 0.2) is 11.6 Å². The molecule has 1 aromatic rings. The van der Waals surface area contributed by atoms with Crippen molar-refractivity contribution in [3.63, 3.8) is 0 Å². The molecule has 2 saturated carbocycles. The zero-order valence-corrected chi connectivity index (χ0v) is 16.2. The predicted octanol–water partition coefficient (Wildman–Crippen LogP) is 7.79. The second kappa shape index (κ2) is 9.67. The van der Waals surface area contributed by atoms with E-state index in [4.69, 9.17) is 0 Å². The summed E-state index contributed by atoms with van der Waals surface area (Å²) in [4.78, 5) is 0. The number of allylic oxidation sites excluding steroid dienone is 2. The lowest BCUT2D eigenvalue weighted by atomic mass is 9.68. The molecule has 0 bridgehead atoms. The summed E-state index contributed by atoms with van der Waals surface area (Å²) in [6.07, 6.45) is 19.0. The van der Waals surface area contributed by atoms with E-state index in [1.54, 1.807) is 6.07 Å². The van der Waals surface area contributed by atoms with Crippen LogP contribution in [0.4, 0.5) is 8.78 Å². The summed E-state index contributed by atoms with van der Waals surface area (Å²) < 4.78 is 26.6. The fraction of sp³-hybridized carbons (Fsp3) is 0.667. The van der Waals surface area contributed by atoms with E-state index in [2.05, 4.69) is 19.1 Å². The average Bonchev–Trinajstić information content (AvgIpc) is 2.68. The Bertz CT molecular complexity index is 576.